The van der Waals surface area contributed by atoms with Crippen LogP contribution in [0.3, 0.4) is 0 Å². The van der Waals surface area contributed by atoms with E-state index in [1.165, 1.54) is 29.0 Å². The van der Waals surface area contributed by atoms with Gasteiger partial charge in [0.25, 0.3) is 5.56 Å². The zero-order valence-electron chi connectivity index (χ0n) is 18.4. The molecule has 3 N–H and O–H groups in total. The molecule has 1 aliphatic heterocycles. The number of nitrogens with one attached hydrogen (secondary N) is 1. The zero-order valence-corrected chi connectivity index (χ0v) is 20.0. The molecule has 3 aromatic rings. The molecule has 186 valence electrons. The standard InChI is InChI=1S/C22H23ClFN4O6P/c23-17-2-1-15(11-18(17)24)20(13-34-35(30,31)32)28-8-4-14(12-21(28)29)19-3-7-25-22(27-19)26-16-5-9-33-10-6-16/h1-4,7-8,11-12,16,20H,5-6,9-10,13H2,(H,25,26,27)(H2,30,31,32)/t20-/m0/s1. The lowest BCUT2D eigenvalue weighted by molar-refractivity contribution is 0.0903. The molecule has 0 saturated carbocycles. The molecule has 1 aromatic carbocycles. The van der Waals surface area contributed by atoms with E-state index in [0.717, 1.165) is 18.9 Å². The van der Waals surface area contributed by atoms with E-state index in [1.54, 1.807) is 18.3 Å². The van der Waals surface area contributed by atoms with Crippen LogP contribution >= 0.6 is 19.4 Å². The number of benzene rings is 1. The van der Waals surface area contributed by atoms with Crippen molar-refractivity contribution in [1.82, 2.24) is 14.5 Å². The van der Waals surface area contributed by atoms with E-state index in [-0.39, 0.29) is 16.6 Å². The number of anilines is 1. The fourth-order valence-electron chi connectivity index (χ4n) is 3.74. The Morgan fingerprint density at radius 3 is 2.71 bits per heavy atom. The van der Waals surface area contributed by atoms with E-state index >= 15 is 0 Å². The first kappa shape index (κ1) is 25.4. The van der Waals surface area contributed by atoms with Gasteiger partial charge in [-0.3, -0.25) is 9.32 Å². The van der Waals surface area contributed by atoms with Crippen molar-refractivity contribution in [3.8, 4) is 11.3 Å². The normalized spacial score (nSPS) is 15.7. The smallest absolute Gasteiger partial charge is 0.381 e. The summed E-state index contributed by atoms with van der Waals surface area (Å²) in [6.45, 7) is 0.761. The highest BCUT2D eigenvalue weighted by Crippen LogP contribution is 2.38. The van der Waals surface area contributed by atoms with Crippen LogP contribution in [0.4, 0.5) is 10.3 Å². The van der Waals surface area contributed by atoms with Crippen molar-refractivity contribution in [2.75, 3.05) is 25.1 Å². The molecule has 35 heavy (non-hydrogen) atoms. The summed E-state index contributed by atoms with van der Waals surface area (Å²) in [5.74, 6) is -0.302. The van der Waals surface area contributed by atoms with E-state index in [2.05, 4.69) is 19.8 Å². The Balaban J connectivity index is 1.62. The van der Waals surface area contributed by atoms with Crippen LogP contribution in [0.2, 0.25) is 5.02 Å². The average Bonchev–Trinajstić information content (AvgIpc) is 2.82. The number of ether oxygens (including phenoxy) is 1. The van der Waals surface area contributed by atoms with Gasteiger partial charge in [0.2, 0.25) is 5.95 Å². The molecule has 0 radical (unpaired) electrons. The molecule has 1 aliphatic rings. The van der Waals surface area contributed by atoms with Crippen LogP contribution in [0, 0.1) is 5.82 Å². The van der Waals surface area contributed by atoms with Crippen LogP contribution in [0.25, 0.3) is 11.3 Å². The molecular formula is C22H23ClFN4O6P. The number of hydrogen-bond acceptors (Lipinski definition) is 7. The maximum absolute atomic E-state index is 14.1. The first-order valence-electron chi connectivity index (χ1n) is 10.7. The van der Waals surface area contributed by atoms with Crippen LogP contribution in [0.5, 0.6) is 0 Å². The quantitative estimate of drug-likeness (QED) is 0.379. The third-order valence-electron chi connectivity index (χ3n) is 5.52. The van der Waals surface area contributed by atoms with Gasteiger partial charge in [-0.05, 0) is 42.7 Å². The van der Waals surface area contributed by atoms with Crippen LogP contribution < -0.4 is 10.9 Å². The predicted octanol–water partition coefficient (Wildman–Crippen LogP) is 3.39. The summed E-state index contributed by atoms with van der Waals surface area (Å²) in [5.41, 5.74) is 0.773. The van der Waals surface area contributed by atoms with Crippen LogP contribution in [-0.4, -0.2) is 50.2 Å². The van der Waals surface area contributed by atoms with Gasteiger partial charge in [-0.2, -0.15) is 0 Å². The number of nitrogens with zero attached hydrogens (tertiary/aromatic N) is 3. The molecule has 10 nitrogen and oxygen atoms in total. The Kier molecular flexibility index (Phi) is 7.95. The fraction of sp³-hybridized carbons (Fsp3) is 0.318. The van der Waals surface area contributed by atoms with Crippen molar-refractivity contribution in [3.63, 3.8) is 0 Å². The van der Waals surface area contributed by atoms with Crippen molar-refractivity contribution in [1.29, 1.82) is 0 Å². The SMILES string of the molecule is O=c1cc(-c2ccnc(NC3CCOCC3)n2)ccn1[C@@H](COP(=O)(O)O)c1ccc(Cl)c(F)c1. The third kappa shape index (κ3) is 6.72. The molecule has 1 atom stereocenters. The maximum Gasteiger partial charge on any atom is 0.469 e. The summed E-state index contributed by atoms with van der Waals surface area (Å²) in [7, 11) is -4.84. The molecule has 1 saturated heterocycles. The zero-order chi connectivity index (χ0) is 25.0. The largest absolute Gasteiger partial charge is 0.469 e. The minimum atomic E-state index is -4.84. The van der Waals surface area contributed by atoms with Gasteiger partial charge in [0.1, 0.15) is 5.82 Å². The lowest BCUT2D eigenvalue weighted by Crippen LogP contribution is -2.28. The molecule has 1 fully saturated rings. The molecular weight excluding hydrogens is 502 g/mol. The summed E-state index contributed by atoms with van der Waals surface area (Å²) < 4.78 is 36.6. The Morgan fingerprint density at radius 1 is 1.26 bits per heavy atom. The van der Waals surface area contributed by atoms with Gasteiger partial charge in [0.05, 0.1) is 23.4 Å². The topological polar surface area (TPSA) is 136 Å². The molecule has 0 bridgehead atoms. The molecule has 0 unspecified atom stereocenters. The van der Waals surface area contributed by atoms with Crippen LogP contribution in [-0.2, 0) is 13.8 Å². The highest BCUT2D eigenvalue weighted by molar-refractivity contribution is 7.46. The number of hydrogen-bond donors (Lipinski definition) is 3. The average molecular weight is 525 g/mol. The summed E-state index contributed by atoms with van der Waals surface area (Å²) in [6, 6.07) is 7.64. The van der Waals surface area contributed by atoms with Crippen LogP contribution in [0.1, 0.15) is 24.4 Å². The minimum absolute atomic E-state index is 0.125. The predicted molar refractivity (Wildman–Crippen MR) is 127 cm³/mol. The summed E-state index contributed by atoms with van der Waals surface area (Å²) in [5, 5.41) is 3.15. The van der Waals surface area contributed by atoms with Gasteiger partial charge < -0.3 is 24.4 Å². The van der Waals surface area contributed by atoms with E-state index in [9.17, 15) is 13.8 Å². The van der Waals surface area contributed by atoms with Crippen molar-refractivity contribution >= 4 is 25.4 Å². The van der Waals surface area contributed by atoms with Crippen molar-refractivity contribution in [2.24, 2.45) is 0 Å². The van der Waals surface area contributed by atoms with Gasteiger partial charge in [0.15, 0.2) is 0 Å². The summed E-state index contributed by atoms with van der Waals surface area (Å²) in [4.78, 5) is 40.1. The second-order valence-electron chi connectivity index (χ2n) is 7.93. The molecule has 0 amide bonds. The number of rotatable bonds is 8. The molecule has 0 aliphatic carbocycles. The Bertz CT molecular complexity index is 1300. The van der Waals surface area contributed by atoms with E-state index in [0.29, 0.717) is 30.4 Å². The highest BCUT2D eigenvalue weighted by atomic mass is 35.5. The van der Waals surface area contributed by atoms with E-state index in [4.69, 9.17) is 26.1 Å². The van der Waals surface area contributed by atoms with Crippen LogP contribution in [0.15, 0.2) is 53.6 Å². The maximum atomic E-state index is 14.1. The molecule has 4 rings (SSSR count). The summed E-state index contributed by atoms with van der Waals surface area (Å²) >= 11 is 5.75. The second kappa shape index (κ2) is 10.9. The molecule has 13 heteroatoms. The number of halogens is 2. The van der Waals surface area contributed by atoms with Crippen molar-refractivity contribution in [2.45, 2.75) is 24.9 Å². The Hall–Kier alpha value is -2.66. The van der Waals surface area contributed by atoms with Crippen molar-refractivity contribution in [3.05, 3.63) is 75.5 Å². The first-order valence-corrected chi connectivity index (χ1v) is 12.7. The van der Waals surface area contributed by atoms with E-state index in [1.807, 2.05) is 0 Å². The Morgan fingerprint density at radius 2 is 2.03 bits per heavy atom. The third-order valence-corrected chi connectivity index (χ3v) is 6.31. The lowest BCUT2D eigenvalue weighted by Gasteiger charge is -2.23. The van der Waals surface area contributed by atoms with Gasteiger partial charge in [0, 0.05) is 43.3 Å². The lowest BCUT2D eigenvalue weighted by atomic mass is 10.1. The molecule has 3 heterocycles. The van der Waals surface area contributed by atoms with Gasteiger partial charge >= 0.3 is 7.82 Å². The Labute approximate surface area is 205 Å². The number of phosphoric acid groups is 1. The van der Waals surface area contributed by atoms with E-state index < -0.39 is 31.8 Å². The molecule has 2 aromatic heterocycles. The van der Waals surface area contributed by atoms with Crippen molar-refractivity contribution < 1.29 is 28.0 Å². The summed E-state index contributed by atoms with van der Waals surface area (Å²) in [6.07, 6.45) is 4.70. The monoisotopic (exact) mass is 524 g/mol. The van der Waals surface area contributed by atoms with Gasteiger partial charge in [-0.25, -0.2) is 18.9 Å². The second-order valence-corrected chi connectivity index (χ2v) is 9.58. The number of pyridine rings is 1. The first-order chi connectivity index (χ1) is 16.7. The highest BCUT2D eigenvalue weighted by Gasteiger charge is 2.23. The number of aromatic nitrogens is 3. The molecule has 0 spiro atoms. The number of phosphoric ester groups is 1. The minimum Gasteiger partial charge on any atom is -0.381 e. The fourth-order valence-corrected chi connectivity index (χ4v) is 4.20. The van der Waals surface area contributed by atoms with Gasteiger partial charge in [-0.15, -0.1) is 0 Å². The van der Waals surface area contributed by atoms with Gasteiger partial charge in [-0.1, -0.05) is 17.7 Å².